The molecule has 0 unspecified atom stereocenters. The number of piperidine rings is 1. The van der Waals surface area contributed by atoms with Crippen LogP contribution < -0.4 is 20.7 Å². The summed E-state index contributed by atoms with van der Waals surface area (Å²) in [6.07, 6.45) is 7.52. The maximum Gasteiger partial charge on any atom is 0.220 e. The highest BCUT2D eigenvalue weighted by Crippen LogP contribution is 2.24. The number of thiocarbonyl (C=S) groups is 1. The molecular weight excluding hydrogens is 432 g/mol. The lowest BCUT2D eigenvalue weighted by molar-refractivity contribution is -0.121. The Labute approximate surface area is 193 Å². The Kier molecular flexibility index (Phi) is 10.1. The minimum absolute atomic E-state index is 0.0473. The van der Waals surface area contributed by atoms with Gasteiger partial charge in [0.05, 0.1) is 12.9 Å². The molecule has 0 bridgehead atoms. The number of ether oxygens (including phenoxy) is 1. The molecular formula is C22H32N4O3S2. The van der Waals surface area contributed by atoms with Gasteiger partial charge in [0.15, 0.2) is 11.0 Å². The van der Waals surface area contributed by atoms with Gasteiger partial charge in [-0.2, -0.15) is 0 Å². The largest absolute Gasteiger partial charge is 0.493 e. The summed E-state index contributed by atoms with van der Waals surface area (Å²) in [6.45, 7) is 5.30. The minimum Gasteiger partial charge on any atom is -0.493 e. The molecule has 0 atom stereocenters. The van der Waals surface area contributed by atoms with Gasteiger partial charge in [0.2, 0.25) is 5.91 Å². The summed E-state index contributed by atoms with van der Waals surface area (Å²) in [7, 11) is 0. The van der Waals surface area contributed by atoms with Crippen molar-refractivity contribution in [2.45, 2.75) is 45.1 Å². The van der Waals surface area contributed by atoms with Crippen molar-refractivity contribution >= 4 is 40.5 Å². The number of hydrogen-bond donors (Lipinski definition) is 3. The van der Waals surface area contributed by atoms with Gasteiger partial charge < -0.3 is 25.1 Å². The number of nitrogens with zero attached hydrogens (tertiary/aromatic N) is 1. The van der Waals surface area contributed by atoms with Crippen LogP contribution in [0.25, 0.3) is 0 Å². The van der Waals surface area contributed by atoms with E-state index < -0.39 is 0 Å². The number of nitrogens with one attached hydrogen (secondary N) is 3. The van der Waals surface area contributed by atoms with Crippen LogP contribution in [0.1, 0.15) is 43.4 Å². The highest BCUT2D eigenvalue weighted by molar-refractivity contribution is 7.80. The quantitative estimate of drug-likeness (QED) is 0.324. The van der Waals surface area contributed by atoms with Gasteiger partial charge in [0.1, 0.15) is 5.75 Å². The molecule has 170 valence electrons. The number of thiophene rings is 1. The molecule has 7 nitrogen and oxygen atoms in total. The zero-order valence-electron chi connectivity index (χ0n) is 17.9. The van der Waals surface area contributed by atoms with Crippen LogP contribution in [-0.2, 0) is 11.3 Å². The third-order valence-electron chi connectivity index (χ3n) is 4.99. The second kappa shape index (κ2) is 13.3. The number of rotatable bonds is 12. The van der Waals surface area contributed by atoms with E-state index in [1.54, 1.807) is 29.7 Å². The van der Waals surface area contributed by atoms with E-state index in [0.717, 1.165) is 18.7 Å². The number of anilines is 1. The molecule has 1 fully saturated rings. The van der Waals surface area contributed by atoms with Gasteiger partial charge in [0.25, 0.3) is 0 Å². The molecule has 1 saturated heterocycles. The topological polar surface area (TPSA) is 78.8 Å². The number of carbonyl (C=O) groups is 1. The smallest absolute Gasteiger partial charge is 0.220 e. The predicted octanol–water partition coefficient (Wildman–Crippen LogP) is 3.98. The van der Waals surface area contributed by atoms with Crippen molar-refractivity contribution in [3.8, 4) is 5.75 Å². The van der Waals surface area contributed by atoms with E-state index in [1.807, 2.05) is 0 Å². The van der Waals surface area contributed by atoms with Crippen molar-refractivity contribution < 1.29 is 13.9 Å². The van der Waals surface area contributed by atoms with Gasteiger partial charge in [-0.05, 0) is 63.1 Å². The van der Waals surface area contributed by atoms with Gasteiger partial charge >= 0.3 is 0 Å². The van der Waals surface area contributed by atoms with Crippen LogP contribution in [-0.4, -0.2) is 48.7 Å². The Morgan fingerprint density at radius 3 is 2.84 bits per heavy atom. The van der Waals surface area contributed by atoms with Crippen LogP contribution in [0.2, 0.25) is 0 Å². The summed E-state index contributed by atoms with van der Waals surface area (Å²) in [5.74, 6) is 1.58. The Hall–Kier alpha value is -2.10. The first kappa shape index (κ1) is 23.6. The molecule has 3 heterocycles. The molecule has 2 aromatic heterocycles. The van der Waals surface area contributed by atoms with E-state index in [4.69, 9.17) is 21.4 Å². The van der Waals surface area contributed by atoms with Crippen LogP contribution in [0.4, 0.5) is 5.88 Å². The zero-order chi connectivity index (χ0) is 21.7. The molecule has 1 aliphatic rings. The van der Waals surface area contributed by atoms with Gasteiger partial charge in [-0.3, -0.25) is 9.69 Å². The third kappa shape index (κ3) is 9.28. The Bertz CT molecular complexity index is 789. The first-order valence-electron chi connectivity index (χ1n) is 11.0. The Morgan fingerprint density at radius 2 is 2.03 bits per heavy atom. The Balaban J connectivity index is 1.17. The second-order valence-corrected chi connectivity index (χ2v) is 9.00. The number of likely N-dealkylation sites (tertiary alicyclic amines) is 1. The van der Waals surface area contributed by atoms with Crippen LogP contribution in [0.5, 0.6) is 5.75 Å². The summed E-state index contributed by atoms with van der Waals surface area (Å²) in [4.78, 5) is 15.8. The average Bonchev–Trinajstić information content (AvgIpc) is 3.44. The van der Waals surface area contributed by atoms with Gasteiger partial charge in [-0.15, -0.1) is 11.3 Å². The average molecular weight is 465 g/mol. The van der Waals surface area contributed by atoms with Gasteiger partial charge in [-0.1, -0.05) is 6.42 Å². The maximum absolute atomic E-state index is 11.9. The zero-order valence-corrected chi connectivity index (χ0v) is 19.5. The van der Waals surface area contributed by atoms with Crippen LogP contribution in [0.3, 0.4) is 0 Å². The van der Waals surface area contributed by atoms with E-state index in [0.29, 0.717) is 43.5 Å². The Morgan fingerprint density at radius 1 is 1.19 bits per heavy atom. The lowest BCUT2D eigenvalue weighted by Gasteiger charge is -2.25. The third-order valence-corrected chi connectivity index (χ3v) is 6.14. The van der Waals surface area contributed by atoms with Crippen molar-refractivity contribution in [1.82, 2.24) is 15.5 Å². The van der Waals surface area contributed by atoms with Gasteiger partial charge in [0, 0.05) is 42.4 Å². The van der Waals surface area contributed by atoms with Gasteiger partial charge in [-0.25, -0.2) is 0 Å². The van der Waals surface area contributed by atoms with E-state index in [-0.39, 0.29) is 5.91 Å². The molecule has 0 saturated carbocycles. The normalized spacial score (nSPS) is 14.2. The standard InChI is InChI=1S/C22H32N4O3S2/c27-20(7-4-9-24-22(30)25-21-8-5-13-29-21)23-10-6-14-28-18-15-19(31-17-18)16-26-11-2-1-3-12-26/h5,8,13,15,17H,1-4,6-7,9-12,14,16H2,(H,23,27)(H2,24,25,30). The lowest BCUT2D eigenvalue weighted by atomic mass is 10.1. The molecule has 1 amide bonds. The van der Waals surface area contributed by atoms with E-state index in [2.05, 4.69) is 32.3 Å². The van der Waals surface area contributed by atoms with Crippen LogP contribution in [0.15, 0.2) is 34.3 Å². The monoisotopic (exact) mass is 464 g/mol. The highest BCUT2D eigenvalue weighted by Gasteiger charge is 2.12. The first-order chi connectivity index (χ1) is 15.2. The number of amides is 1. The maximum atomic E-state index is 11.9. The SMILES string of the molecule is O=C(CCCNC(=S)Nc1ccco1)NCCCOc1csc(CN2CCCCC2)c1. The highest BCUT2D eigenvalue weighted by atomic mass is 32.1. The summed E-state index contributed by atoms with van der Waals surface area (Å²) in [5, 5.41) is 11.5. The fraction of sp³-hybridized carbons (Fsp3) is 0.545. The van der Waals surface area contributed by atoms with E-state index in [9.17, 15) is 4.79 Å². The van der Waals surface area contributed by atoms with Crippen molar-refractivity contribution in [2.75, 3.05) is 38.1 Å². The lowest BCUT2D eigenvalue weighted by Crippen LogP contribution is -2.30. The van der Waals surface area contributed by atoms with E-state index >= 15 is 0 Å². The molecule has 3 rings (SSSR count). The molecule has 3 N–H and O–H groups in total. The number of hydrogen-bond acceptors (Lipinski definition) is 6. The van der Waals surface area contributed by atoms with Crippen LogP contribution in [0, 0.1) is 0 Å². The second-order valence-electron chi connectivity index (χ2n) is 7.60. The number of furan rings is 1. The predicted molar refractivity (Wildman–Crippen MR) is 129 cm³/mol. The summed E-state index contributed by atoms with van der Waals surface area (Å²) < 4.78 is 11.0. The van der Waals surface area contributed by atoms with Crippen LogP contribution >= 0.6 is 23.6 Å². The molecule has 0 aliphatic carbocycles. The molecule has 31 heavy (non-hydrogen) atoms. The minimum atomic E-state index is 0.0473. The molecule has 0 aromatic carbocycles. The van der Waals surface area contributed by atoms with Crippen molar-refractivity contribution in [3.63, 3.8) is 0 Å². The van der Waals surface area contributed by atoms with Crippen molar-refractivity contribution in [2.24, 2.45) is 0 Å². The molecule has 9 heteroatoms. The summed E-state index contributed by atoms with van der Waals surface area (Å²) >= 11 is 6.93. The fourth-order valence-electron chi connectivity index (χ4n) is 3.39. The molecule has 2 aromatic rings. The fourth-order valence-corrected chi connectivity index (χ4v) is 4.44. The van der Waals surface area contributed by atoms with Crippen molar-refractivity contribution in [1.29, 1.82) is 0 Å². The summed E-state index contributed by atoms with van der Waals surface area (Å²) in [5.41, 5.74) is 0. The van der Waals surface area contributed by atoms with E-state index in [1.165, 1.54) is 37.2 Å². The van der Waals surface area contributed by atoms with Crippen molar-refractivity contribution in [3.05, 3.63) is 34.7 Å². The molecule has 0 radical (unpaired) electrons. The number of carbonyl (C=O) groups excluding carboxylic acids is 1. The summed E-state index contributed by atoms with van der Waals surface area (Å²) in [6, 6.07) is 5.72. The molecule has 0 spiro atoms. The first-order valence-corrected chi connectivity index (χ1v) is 12.3. The molecule has 1 aliphatic heterocycles.